The van der Waals surface area contributed by atoms with Crippen LogP contribution < -0.4 is 26.2 Å². The summed E-state index contributed by atoms with van der Waals surface area (Å²) in [6, 6.07) is 14.2. The Kier molecular flexibility index (Phi) is 23.8. The number of nitrogens with zero attached hydrogens (tertiary/aromatic N) is 7. The summed E-state index contributed by atoms with van der Waals surface area (Å²) in [5.74, 6) is 1.35. The molecule has 0 unspecified atom stereocenters. The summed E-state index contributed by atoms with van der Waals surface area (Å²) < 4.78 is 17.3. The molecule has 2 atom stereocenters. The van der Waals surface area contributed by atoms with Gasteiger partial charge in [-0.05, 0) is 94.0 Å². The first-order valence-corrected chi connectivity index (χ1v) is 29.9. The highest BCUT2D eigenvalue weighted by Gasteiger charge is 2.42. The van der Waals surface area contributed by atoms with Gasteiger partial charge in [-0.1, -0.05) is 99.4 Å². The van der Waals surface area contributed by atoms with Crippen molar-refractivity contribution in [3.8, 4) is 10.4 Å². The summed E-state index contributed by atoms with van der Waals surface area (Å²) in [5, 5.41) is 13.3. The van der Waals surface area contributed by atoms with E-state index in [2.05, 4.69) is 46.0 Å². The van der Waals surface area contributed by atoms with E-state index in [1.807, 2.05) is 89.5 Å². The quantitative estimate of drug-likeness (QED) is 0.0316. The first-order valence-electron chi connectivity index (χ1n) is 27.9. The molecule has 0 radical (unpaired) electrons. The summed E-state index contributed by atoms with van der Waals surface area (Å²) in [5.41, 5.74) is 5.85. The second-order valence-corrected chi connectivity index (χ2v) is 23.6. The van der Waals surface area contributed by atoms with Crippen LogP contribution in [0.5, 0.6) is 0 Å². The number of carbonyl (C=O) groups is 4. The van der Waals surface area contributed by atoms with Crippen LogP contribution in [0.2, 0.25) is 5.02 Å². The third kappa shape index (κ3) is 19.0. The van der Waals surface area contributed by atoms with Gasteiger partial charge in [0, 0.05) is 65.0 Å². The number of aryl methyl sites for hydroxylation is 3. The number of amides is 4. The molecule has 4 N–H and O–H groups in total. The molecule has 7 rings (SSSR count). The highest BCUT2D eigenvalue weighted by molar-refractivity contribution is 7.17. The number of aromatic nitrogens is 4. The minimum Gasteiger partial charge on any atom is -0.379 e. The van der Waals surface area contributed by atoms with Crippen molar-refractivity contribution in [3.63, 3.8) is 0 Å². The van der Waals surface area contributed by atoms with Gasteiger partial charge in [-0.15, -0.1) is 11.3 Å². The van der Waals surface area contributed by atoms with Gasteiger partial charge in [0.2, 0.25) is 17.7 Å². The molecule has 428 valence electrons. The maximum Gasteiger partial charge on any atom is 0.267 e. The first kappa shape index (κ1) is 61.0. The molecule has 5 heterocycles. The smallest absolute Gasteiger partial charge is 0.267 e. The number of benzene rings is 2. The summed E-state index contributed by atoms with van der Waals surface area (Å²) >= 11 is 9.17. The zero-order valence-corrected chi connectivity index (χ0v) is 49.3. The number of carbonyl (C=O) groups excluding carboxylic acids is 4. The molecule has 79 heavy (non-hydrogen) atoms. The van der Waals surface area contributed by atoms with Crippen LogP contribution in [0, 0.1) is 26.2 Å². The van der Waals surface area contributed by atoms with Gasteiger partial charge in [0.1, 0.15) is 34.4 Å². The van der Waals surface area contributed by atoms with Crippen LogP contribution in [-0.4, -0.2) is 144 Å². The Bertz CT molecular complexity index is 2730. The Morgan fingerprint density at radius 2 is 1.51 bits per heavy atom. The van der Waals surface area contributed by atoms with Gasteiger partial charge in [0.25, 0.3) is 5.91 Å². The van der Waals surface area contributed by atoms with E-state index in [0.717, 1.165) is 111 Å². The van der Waals surface area contributed by atoms with Crippen LogP contribution >= 0.6 is 34.3 Å². The van der Waals surface area contributed by atoms with Crippen molar-refractivity contribution < 1.29 is 33.4 Å². The first-order chi connectivity index (χ1) is 38.1. The molecular formula is C58H80ClN11O7S2. The molecule has 2 saturated heterocycles. The van der Waals surface area contributed by atoms with Crippen molar-refractivity contribution in [1.29, 1.82) is 0 Å². The van der Waals surface area contributed by atoms with Crippen LogP contribution in [0.15, 0.2) is 60.2 Å². The summed E-state index contributed by atoms with van der Waals surface area (Å²) in [4.78, 5) is 79.6. The van der Waals surface area contributed by atoms with Crippen LogP contribution in [0.25, 0.3) is 10.4 Å². The topological polar surface area (TPSA) is 205 Å². The molecule has 4 amide bonds. The van der Waals surface area contributed by atoms with Gasteiger partial charge < -0.3 is 45.3 Å². The highest BCUT2D eigenvalue weighted by atomic mass is 35.5. The van der Waals surface area contributed by atoms with Crippen molar-refractivity contribution in [1.82, 2.24) is 40.4 Å². The third-order valence-corrected chi connectivity index (χ3v) is 16.3. The Balaban J connectivity index is 0.659. The zero-order chi connectivity index (χ0) is 56.2. The zero-order valence-electron chi connectivity index (χ0n) is 46.9. The van der Waals surface area contributed by atoms with Crippen molar-refractivity contribution >= 4 is 80.4 Å². The molecule has 2 fully saturated rings. The van der Waals surface area contributed by atoms with Gasteiger partial charge in [-0.25, -0.2) is 19.9 Å². The van der Waals surface area contributed by atoms with Gasteiger partial charge in [-0.3, -0.25) is 24.1 Å². The largest absolute Gasteiger partial charge is 0.379 e. The summed E-state index contributed by atoms with van der Waals surface area (Å²) in [6.07, 6.45) is 10.0. The molecule has 2 aliphatic heterocycles. The van der Waals surface area contributed by atoms with E-state index in [4.69, 9.17) is 30.8 Å². The Hall–Kier alpha value is -5.61. The lowest BCUT2D eigenvalue weighted by atomic mass is 9.85. The van der Waals surface area contributed by atoms with E-state index < -0.39 is 17.5 Å². The number of anilines is 4. The fourth-order valence-corrected chi connectivity index (χ4v) is 11.4. The lowest BCUT2D eigenvalue weighted by Gasteiger charge is -2.35. The van der Waals surface area contributed by atoms with Gasteiger partial charge in [-0.2, -0.15) is 0 Å². The van der Waals surface area contributed by atoms with E-state index in [1.165, 1.54) is 17.8 Å². The minimum absolute atomic E-state index is 0.162. The fourth-order valence-electron chi connectivity index (χ4n) is 9.60. The van der Waals surface area contributed by atoms with Crippen molar-refractivity contribution in [2.45, 2.75) is 124 Å². The van der Waals surface area contributed by atoms with E-state index >= 15 is 0 Å². The van der Waals surface area contributed by atoms with E-state index in [1.54, 1.807) is 28.5 Å². The minimum atomic E-state index is -0.743. The molecule has 2 aliphatic rings. The fraction of sp³-hybridized carbons (Fsp3) is 0.552. The molecule has 18 nitrogen and oxygen atoms in total. The molecule has 5 aromatic rings. The molecule has 0 bridgehead atoms. The Labute approximate surface area is 479 Å². The van der Waals surface area contributed by atoms with Gasteiger partial charge in [0.05, 0.1) is 59.4 Å². The lowest BCUT2D eigenvalue weighted by molar-refractivity contribution is -0.143. The normalized spacial score (nSPS) is 15.3. The van der Waals surface area contributed by atoms with Crippen LogP contribution in [0.3, 0.4) is 0 Å². The predicted molar refractivity (Wildman–Crippen MR) is 315 cm³/mol. The maximum atomic E-state index is 14.0. The lowest BCUT2D eigenvalue weighted by Crippen LogP contribution is -2.57. The van der Waals surface area contributed by atoms with E-state index in [-0.39, 0.29) is 23.6 Å². The number of para-hydroxylation sites is 1. The Morgan fingerprint density at radius 1 is 0.810 bits per heavy atom. The Morgan fingerprint density at radius 3 is 2.19 bits per heavy atom. The number of halogens is 1. The molecule has 21 heteroatoms. The van der Waals surface area contributed by atoms with Crippen molar-refractivity contribution in [3.05, 3.63) is 92.8 Å². The van der Waals surface area contributed by atoms with Crippen molar-refractivity contribution in [2.24, 2.45) is 5.41 Å². The summed E-state index contributed by atoms with van der Waals surface area (Å²) in [6.45, 7) is 20.7. The number of rotatable bonds is 30. The maximum absolute atomic E-state index is 14.0. The summed E-state index contributed by atoms with van der Waals surface area (Å²) in [7, 11) is 0. The van der Waals surface area contributed by atoms with Gasteiger partial charge >= 0.3 is 0 Å². The van der Waals surface area contributed by atoms with Gasteiger partial charge in [0.15, 0.2) is 5.13 Å². The number of likely N-dealkylation sites (tertiary alicyclic amines) is 1. The number of unbranched alkanes of at least 4 members (excludes halogenated alkanes) is 5. The number of hydrogen-bond acceptors (Lipinski definition) is 16. The number of nitrogens with one attached hydrogen (secondary N) is 4. The molecular weight excluding hydrogens is 1060 g/mol. The highest BCUT2D eigenvalue weighted by Crippen LogP contribution is 2.31. The second kappa shape index (κ2) is 30.8. The van der Waals surface area contributed by atoms with E-state index in [0.29, 0.717) is 97.7 Å². The number of thiazole rings is 2. The average molecular weight is 1140 g/mol. The molecule has 0 spiro atoms. The monoisotopic (exact) mass is 1140 g/mol. The molecule has 3 aromatic heterocycles. The van der Waals surface area contributed by atoms with Crippen molar-refractivity contribution in [2.75, 3.05) is 94.4 Å². The number of piperazine rings is 1. The third-order valence-electron chi connectivity index (χ3n) is 14.1. The molecule has 0 saturated carbocycles. The number of hydrogen-bond donors (Lipinski definition) is 4. The standard InChI is InChI=1S/C58H80ClN11O7S2/c1-40-16-14-17-45(59)51(40)67-55(73)47-38-61-57(79-47)65-48-36-49(64-42(3)63-48)69-28-26-68(27-29-69)24-11-7-8-12-30-75-32-34-77-35-33-76-31-13-9-10-19-50(71)66-53(58(4,5)6)56(74)70-25-15-18-46(70)54(72)60-37-43-20-22-44(23-21-43)52-41(2)62-39-78-52/h14,16-17,20-23,36,38-39,46,53H,7-13,15,18-19,24-35,37H2,1-6H3,(H,60,72)(H,66,71)(H,67,73)(H,61,63,64,65)/t46-,53+/m0/s1. The van der Waals surface area contributed by atoms with Crippen LogP contribution in [0.1, 0.15) is 117 Å². The number of ether oxygens (including phenoxy) is 3. The average Bonchev–Trinajstić information content (AvgIpc) is 4.30. The molecule has 0 aliphatic carbocycles. The predicted octanol–water partition coefficient (Wildman–Crippen LogP) is 9.76. The second-order valence-electron chi connectivity index (χ2n) is 21.3. The molecule has 2 aromatic carbocycles. The van der Waals surface area contributed by atoms with Crippen LogP contribution in [-0.2, 0) is 35.1 Å². The van der Waals surface area contributed by atoms with E-state index in [9.17, 15) is 19.2 Å². The van der Waals surface area contributed by atoms with Crippen LogP contribution in [0.4, 0.5) is 22.5 Å². The SMILES string of the molecule is Cc1nc(Nc2ncc(C(=O)Nc3c(C)cccc3Cl)s2)cc(N2CCN(CCCCCCOCCOCCOCCCCCC(=O)N[C@H](C(=O)N3CCC[C@H]3C(=O)NCc3ccc(-c4scnc4C)cc3)C(C)(C)C)CC2)n1.